The molecule has 1 aliphatic heterocycles. The Labute approximate surface area is 193 Å². The van der Waals surface area contributed by atoms with Gasteiger partial charge in [0.15, 0.2) is 5.11 Å². The quantitative estimate of drug-likeness (QED) is 0.552. The molecular formula is C25H25N3O3S. The number of carbonyl (C=O) groups is 1. The summed E-state index contributed by atoms with van der Waals surface area (Å²) >= 11 is 5.40. The molecule has 1 amide bonds. The summed E-state index contributed by atoms with van der Waals surface area (Å²) in [5.41, 5.74) is 3.41. The number of morpholine rings is 1. The molecule has 0 bridgehead atoms. The summed E-state index contributed by atoms with van der Waals surface area (Å²) < 4.78 is 11.3. The summed E-state index contributed by atoms with van der Waals surface area (Å²) in [4.78, 5) is 15.0. The Morgan fingerprint density at radius 3 is 2.53 bits per heavy atom. The Morgan fingerprint density at radius 2 is 1.72 bits per heavy atom. The van der Waals surface area contributed by atoms with E-state index in [2.05, 4.69) is 15.5 Å². The van der Waals surface area contributed by atoms with E-state index in [1.165, 1.54) is 0 Å². The number of hydrogen-bond donors (Lipinski definition) is 2. The number of hydrogen-bond acceptors (Lipinski definition) is 5. The molecule has 7 heteroatoms. The second-order valence-corrected chi connectivity index (χ2v) is 7.74. The van der Waals surface area contributed by atoms with Gasteiger partial charge in [-0.25, -0.2) is 0 Å². The average molecular weight is 448 g/mol. The number of nitrogens with one attached hydrogen (secondary N) is 2. The number of nitrogens with zero attached hydrogens (tertiary/aromatic N) is 1. The zero-order chi connectivity index (χ0) is 22.2. The van der Waals surface area contributed by atoms with Crippen LogP contribution >= 0.6 is 12.2 Å². The zero-order valence-corrected chi connectivity index (χ0v) is 18.4. The van der Waals surface area contributed by atoms with Crippen LogP contribution in [0.25, 0.3) is 0 Å². The van der Waals surface area contributed by atoms with Gasteiger partial charge in [-0.15, -0.1) is 0 Å². The Morgan fingerprint density at radius 1 is 0.969 bits per heavy atom. The number of para-hydroxylation sites is 2. The lowest BCUT2D eigenvalue weighted by Crippen LogP contribution is -2.38. The van der Waals surface area contributed by atoms with Gasteiger partial charge < -0.3 is 19.7 Å². The molecule has 0 radical (unpaired) electrons. The number of carbonyl (C=O) groups excluding carboxylic acids is 1. The van der Waals surface area contributed by atoms with Gasteiger partial charge in [0.25, 0.3) is 5.91 Å². The fourth-order valence-corrected chi connectivity index (χ4v) is 3.66. The van der Waals surface area contributed by atoms with Crippen LogP contribution in [0, 0.1) is 0 Å². The molecule has 0 saturated carbocycles. The average Bonchev–Trinajstić information content (AvgIpc) is 2.84. The summed E-state index contributed by atoms with van der Waals surface area (Å²) in [7, 11) is 0. The third-order valence-electron chi connectivity index (χ3n) is 5.08. The van der Waals surface area contributed by atoms with Gasteiger partial charge in [0.1, 0.15) is 12.4 Å². The van der Waals surface area contributed by atoms with Gasteiger partial charge in [-0.3, -0.25) is 10.1 Å². The topological polar surface area (TPSA) is 62.8 Å². The highest BCUT2D eigenvalue weighted by molar-refractivity contribution is 7.80. The Bertz CT molecular complexity index is 1070. The predicted molar refractivity (Wildman–Crippen MR) is 130 cm³/mol. The molecule has 0 unspecified atom stereocenters. The summed E-state index contributed by atoms with van der Waals surface area (Å²) in [6, 6.07) is 24.8. The molecule has 2 N–H and O–H groups in total. The minimum absolute atomic E-state index is 0.242. The van der Waals surface area contributed by atoms with E-state index < -0.39 is 0 Å². The van der Waals surface area contributed by atoms with E-state index in [4.69, 9.17) is 21.7 Å². The maximum atomic E-state index is 12.7. The zero-order valence-electron chi connectivity index (χ0n) is 17.6. The number of anilines is 2. The van der Waals surface area contributed by atoms with Gasteiger partial charge in [-0.2, -0.15) is 0 Å². The normalized spacial score (nSPS) is 13.3. The van der Waals surface area contributed by atoms with Crippen molar-refractivity contribution < 1.29 is 14.3 Å². The molecular weight excluding hydrogens is 422 g/mol. The molecule has 0 aliphatic carbocycles. The summed E-state index contributed by atoms with van der Waals surface area (Å²) in [5.74, 6) is 0.328. The van der Waals surface area contributed by atoms with E-state index in [1.54, 1.807) is 18.2 Å². The smallest absolute Gasteiger partial charge is 0.257 e. The number of rotatable bonds is 6. The standard InChI is InChI=1S/C25H25N3O3S/c29-24(20-9-6-10-21(17-20)31-18-19-7-2-1-3-8-19)27-25(32)26-22-11-4-5-12-23(22)28-13-15-30-16-14-28/h1-12,17H,13-16,18H2,(H2,26,27,29,32). The molecule has 3 aromatic rings. The van der Waals surface area contributed by atoms with Crippen LogP contribution in [-0.4, -0.2) is 37.3 Å². The third-order valence-corrected chi connectivity index (χ3v) is 5.28. The van der Waals surface area contributed by atoms with Crippen molar-refractivity contribution in [3.05, 3.63) is 90.0 Å². The fraction of sp³-hybridized carbons (Fsp3) is 0.200. The lowest BCUT2D eigenvalue weighted by molar-refractivity contribution is 0.0977. The molecule has 1 fully saturated rings. The van der Waals surface area contributed by atoms with Gasteiger partial charge in [-0.1, -0.05) is 48.5 Å². The van der Waals surface area contributed by atoms with Crippen LogP contribution < -0.4 is 20.3 Å². The maximum absolute atomic E-state index is 12.7. The van der Waals surface area contributed by atoms with E-state index in [1.807, 2.05) is 60.7 Å². The molecule has 4 rings (SSSR count). The molecule has 1 aliphatic rings. The summed E-state index contributed by atoms with van der Waals surface area (Å²) in [5, 5.41) is 6.16. The van der Waals surface area contributed by atoms with E-state index in [-0.39, 0.29) is 11.0 Å². The Balaban J connectivity index is 1.36. The minimum atomic E-state index is -0.295. The minimum Gasteiger partial charge on any atom is -0.489 e. The van der Waals surface area contributed by atoms with E-state index in [0.717, 1.165) is 30.0 Å². The SMILES string of the molecule is O=C(NC(=S)Nc1ccccc1N1CCOCC1)c1cccc(OCc2ccccc2)c1. The van der Waals surface area contributed by atoms with Crippen molar-refractivity contribution >= 4 is 34.6 Å². The molecule has 3 aromatic carbocycles. The lowest BCUT2D eigenvalue weighted by atomic mass is 10.2. The van der Waals surface area contributed by atoms with Crippen LogP contribution in [0.4, 0.5) is 11.4 Å². The third kappa shape index (κ3) is 5.84. The largest absolute Gasteiger partial charge is 0.489 e. The van der Waals surface area contributed by atoms with Crippen LogP contribution in [-0.2, 0) is 11.3 Å². The fourth-order valence-electron chi connectivity index (χ4n) is 3.46. The molecule has 0 atom stereocenters. The summed E-state index contributed by atoms with van der Waals surface area (Å²) in [6.07, 6.45) is 0. The van der Waals surface area contributed by atoms with Gasteiger partial charge in [0.05, 0.1) is 24.6 Å². The highest BCUT2D eigenvalue weighted by Gasteiger charge is 2.16. The lowest BCUT2D eigenvalue weighted by Gasteiger charge is -2.30. The highest BCUT2D eigenvalue weighted by atomic mass is 32.1. The van der Waals surface area contributed by atoms with Gasteiger partial charge >= 0.3 is 0 Å². The van der Waals surface area contributed by atoms with Gasteiger partial charge in [0.2, 0.25) is 0 Å². The van der Waals surface area contributed by atoms with E-state index in [0.29, 0.717) is 31.1 Å². The van der Waals surface area contributed by atoms with Crippen molar-refractivity contribution in [3.8, 4) is 5.75 Å². The number of benzene rings is 3. The molecule has 6 nitrogen and oxygen atoms in total. The monoisotopic (exact) mass is 447 g/mol. The van der Waals surface area contributed by atoms with Crippen molar-refractivity contribution in [1.29, 1.82) is 0 Å². The number of amides is 1. The highest BCUT2D eigenvalue weighted by Crippen LogP contribution is 2.26. The van der Waals surface area contributed by atoms with Crippen LogP contribution in [0.3, 0.4) is 0 Å². The van der Waals surface area contributed by atoms with Crippen molar-refractivity contribution in [3.63, 3.8) is 0 Å². The molecule has 1 saturated heterocycles. The predicted octanol–water partition coefficient (Wildman–Crippen LogP) is 4.23. The second-order valence-electron chi connectivity index (χ2n) is 7.33. The van der Waals surface area contributed by atoms with Crippen molar-refractivity contribution in [2.75, 3.05) is 36.5 Å². The summed E-state index contributed by atoms with van der Waals surface area (Å²) in [6.45, 7) is 3.45. The molecule has 0 spiro atoms. The first-order valence-corrected chi connectivity index (χ1v) is 10.9. The van der Waals surface area contributed by atoms with E-state index >= 15 is 0 Å². The molecule has 164 valence electrons. The molecule has 0 aromatic heterocycles. The van der Waals surface area contributed by atoms with Crippen LogP contribution in [0.1, 0.15) is 15.9 Å². The van der Waals surface area contributed by atoms with Crippen LogP contribution in [0.2, 0.25) is 0 Å². The van der Waals surface area contributed by atoms with Crippen molar-refractivity contribution in [2.24, 2.45) is 0 Å². The second kappa shape index (κ2) is 10.7. The molecule has 32 heavy (non-hydrogen) atoms. The molecule has 1 heterocycles. The Hall–Kier alpha value is -3.42. The first-order chi connectivity index (χ1) is 15.7. The van der Waals surface area contributed by atoms with Gasteiger partial charge in [0, 0.05) is 18.7 Å². The van der Waals surface area contributed by atoms with Crippen LogP contribution in [0.5, 0.6) is 5.75 Å². The van der Waals surface area contributed by atoms with Crippen molar-refractivity contribution in [1.82, 2.24) is 5.32 Å². The number of ether oxygens (including phenoxy) is 2. The first-order valence-electron chi connectivity index (χ1n) is 10.5. The van der Waals surface area contributed by atoms with Gasteiger partial charge in [-0.05, 0) is 48.1 Å². The van der Waals surface area contributed by atoms with Crippen LogP contribution in [0.15, 0.2) is 78.9 Å². The van der Waals surface area contributed by atoms with E-state index in [9.17, 15) is 4.79 Å². The number of thiocarbonyl (C=S) groups is 1. The maximum Gasteiger partial charge on any atom is 0.257 e. The van der Waals surface area contributed by atoms with Crippen molar-refractivity contribution in [2.45, 2.75) is 6.61 Å². The Kier molecular flexibility index (Phi) is 7.32. The first kappa shape index (κ1) is 21.8.